The summed E-state index contributed by atoms with van der Waals surface area (Å²) in [7, 11) is 1.34. The minimum absolute atomic E-state index is 0.0429. The second kappa shape index (κ2) is 7.50. The summed E-state index contributed by atoms with van der Waals surface area (Å²) in [5.74, 6) is -0.903. The van der Waals surface area contributed by atoms with Crippen molar-refractivity contribution in [3.8, 4) is 0 Å². The fourth-order valence-corrected chi connectivity index (χ4v) is 4.01. The standard InChI is InChI=1S/C19H22F3NO4/c1-26-17(25)13-9-18(10-13)11-14(6-7-27-18)23-16(24)8-12-4-2-3-5-15(12)19(20,21)22/h2-5,13-14H,6-11H2,1H3,(H,23,24). The van der Waals surface area contributed by atoms with E-state index in [0.717, 1.165) is 6.07 Å². The minimum atomic E-state index is -4.49. The number of hydrogen-bond acceptors (Lipinski definition) is 4. The maximum Gasteiger partial charge on any atom is 0.416 e. The van der Waals surface area contributed by atoms with Crippen LogP contribution in [0.3, 0.4) is 0 Å². The lowest BCUT2D eigenvalue weighted by atomic mass is 9.66. The van der Waals surface area contributed by atoms with E-state index in [-0.39, 0.29) is 29.9 Å². The van der Waals surface area contributed by atoms with Crippen LogP contribution in [-0.2, 0) is 31.7 Å². The van der Waals surface area contributed by atoms with E-state index in [9.17, 15) is 22.8 Å². The molecule has 5 nitrogen and oxygen atoms in total. The van der Waals surface area contributed by atoms with Gasteiger partial charge in [0.1, 0.15) is 0 Å². The molecule has 1 aliphatic carbocycles. The molecule has 1 unspecified atom stereocenters. The van der Waals surface area contributed by atoms with Gasteiger partial charge in [0.2, 0.25) is 5.91 Å². The summed E-state index contributed by atoms with van der Waals surface area (Å²) in [4.78, 5) is 23.9. The van der Waals surface area contributed by atoms with E-state index in [1.165, 1.54) is 25.3 Å². The van der Waals surface area contributed by atoms with Gasteiger partial charge in [-0.2, -0.15) is 13.2 Å². The summed E-state index contributed by atoms with van der Waals surface area (Å²) >= 11 is 0. The third-order valence-electron chi connectivity index (χ3n) is 5.30. The zero-order chi connectivity index (χ0) is 19.7. The van der Waals surface area contributed by atoms with Crippen molar-refractivity contribution in [2.75, 3.05) is 13.7 Å². The number of nitrogens with one attached hydrogen (secondary N) is 1. The lowest BCUT2D eigenvalue weighted by Crippen LogP contribution is -2.56. The highest BCUT2D eigenvalue weighted by molar-refractivity contribution is 5.79. The van der Waals surface area contributed by atoms with Gasteiger partial charge in [-0.25, -0.2) is 0 Å². The summed E-state index contributed by atoms with van der Waals surface area (Å²) in [6.45, 7) is 0.442. The molecule has 8 heteroatoms. The van der Waals surface area contributed by atoms with Gasteiger partial charge in [0, 0.05) is 12.6 Å². The van der Waals surface area contributed by atoms with E-state index in [2.05, 4.69) is 5.32 Å². The number of alkyl halides is 3. The zero-order valence-electron chi connectivity index (χ0n) is 15.0. The first-order valence-corrected chi connectivity index (χ1v) is 8.89. The molecule has 2 fully saturated rings. The van der Waals surface area contributed by atoms with Crippen molar-refractivity contribution >= 4 is 11.9 Å². The molecule has 1 heterocycles. The molecule has 0 bridgehead atoms. The van der Waals surface area contributed by atoms with Gasteiger partial charge >= 0.3 is 12.1 Å². The van der Waals surface area contributed by atoms with Gasteiger partial charge in [-0.05, 0) is 37.3 Å². The van der Waals surface area contributed by atoms with Gasteiger partial charge in [-0.3, -0.25) is 9.59 Å². The Balaban J connectivity index is 1.57. The number of methoxy groups -OCH3 is 1. The highest BCUT2D eigenvalue weighted by atomic mass is 19.4. The van der Waals surface area contributed by atoms with E-state index in [0.29, 0.717) is 32.3 Å². The van der Waals surface area contributed by atoms with E-state index < -0.39 is 23.2 Å². The van der Waals surface area contributed by atoms with Crippen molar-refractivity contribution < 1.29 is 32.2 Å². The Labute approximate surface area is 155 Å². The van der Waals surface area contributed by atoms with E-state index in [1.54, 1.807) is 0 Å². The third kappa shape index (κ3) is 4.43. The Hall–Kier alpha value is -2.09. The van der Waals surface area contributed by atoms with Crippen LogP contribution < -0.4 is 5.32 Å². The van der Waals surface area contributed by atoms with Gasteiger partial charge in [0.05, 0.1) is 30.6 Å². The van der Waals surface area contributed by atoms with Crippen molar-refractivity contribution in [3.05, 3.63) is 35.4 Å². The molecular weight excluding hydrogens is 363 g/mol. The molecule has 1 saturated heterocycles. The van der Waals surface area contributed by atoms with Gasteiger partial charge < -0.3 is 14.8 Å². The average Bonchev–Trinajstić information content (AvgIpc) is 2.58. The predicted octanol–water partition coefficient (Wildman–Crippen LogP) is 2.86. The molecule has 2 aliphatic rings. The van der Waals surface area contributed by atoms with Crippen molar-refractivity contribution in [2.45, 2.75) is 49.9 Å². The van der Waals surface area contributed by atoms with E-state index >= 15 is 0 Å². The number of rotatable bonds is 4. The predicted molar refractivity (Wildman–Crippen MR) is 89.7 cm³/mol. The molecule has 1 saturated carbocycles. The van der Waals surface area contributed by atoms with Crippen LogP contribution in [0.25, 0.3) is 0 Å². The Morgan fingerprint density at radius 3 is 2.63 bits per heavy atom. The Morgan fingerprint density at radius 2 is 1.96 bits per heavy atom. The molecule has 1 atom stereocenters. The molecule has 1 aromatic carbocycles. The van der Waals surface area contributed by atoms with Gasteiger partial charge in [0.25, 0.3) is 0 Å². The second-order valence-electron chi connectivity index (χ2n) is 7.25. The molecule has 148 valence electrons. The van der Waals surface area contributed by atoms with Crippen LogP contribution in [0.4, 0.5) is 13.2 Å². The van der Waals surface area contributed by atoms with Crippen LogP contribution in [0.15, 0.2) is 24.3 Å². The van der Waals surface area contributed by atoms with Crippen LogP contribution in [0.2, 0.25) is 0 Å². The number of esters is 1. The number of hydrogen-bond donors (Lipinski definition) is 1. The van der Waals surface area contributed by atoms with E-state index in [4.69, 9.17) is 9.47 Å². The SMILES string of the molecule is COC(=O)C1CC2(CC(NC(=O)Cc3ccccc3C(F)(F)F)CCO2)C1. The number of carbonyl (C=O) groups is 2. The Morgan fingerprint density at radius 1 is 1.26 bits per heavy atom. The molecule has 27 heavy (non-hydrogen) atoms. The van der Waals surface area contributed by atoms with Crippen molar-refractivity contribution in [1.82, 2.24) is 5.32 Å². The summed E-state index contributed by atoms with van der Waals surface area (Å²) in [5, 5.41) is 2.82. The van der Waals surface area contributed by atoms with Gasteiger partial charge in [0.15, 0.2) is 0 Å². The van der Waals surface area contributed by atoms with Crippen molar-refractivity contribution in [1.29, 1.82) is 0 Å². The van der Waals surface area contributed by atoms with Crippen LogP contribution in [0, 0.1) is 5.92 Å². The monoisotopic (exact) mass is 385 g/mol. The zero-order valence-corrected chi connectivity index (χ0v) is 15.0. The topological polar surface area (TPSA) is 64.6 Å². The largest absolute Gasteiger partial charge is 0.469 e. The first kappa shape index (κ1) is 19.7. The lowest BCUT2D eigenvalue weighted by molar-refractivity contribution is -0.184. The van der Waals surface area contributed by atoms with Crippen LogP contribution >= 0.6 is 0 Å². The maximum atomic E-state index is 13.1. The summed E-state index contributed by atoms with van der Waals surface area (Å²) < 4.78 is 49.7. The van der Waals surface area contributed by atoms with Gasteiger partial charge in [-0.1, -0.05) is 18.2 Å². The maximum absolute atomic E-state index is 13.1. The van der Waals surface area contributed by atoms with Gasteiger partial charge in [-0.15, -0.1) is 0 Å². The quantitative estimate of drug-likeness (QED) is 0.810. The fraction of sp³-hybridized carbons (Fsp3) is 0.579. The summed E-state index contributed by atoms with van der Waals surface area (Å²) in [6, 6.07) is 4.92. The molecule has 0 aromatic heterocycles. The number of ether oxygens (including phenoxy) is 2. The lowest BCUT2D eigenvalue weighted by Gasteiger charge is -2.50. The average molecular weight is 385 g/mol. The van der Waals surface area contributed by atoms with Crippen molar-refractivity contribution in [3.63, 3.8) is 0 Å². The molecule has 1 aromatic rings. The number of amides is 1. The molecular formula is C19H22F3NO4. The molecule has 1 N–H and O–H groups in total. The molecule has 1 aliphatic heterocycles. The Kier molecular flexibility index (Phi) is 5.46. The molecule has 3 rings (SSSR count). The van der Waals surface area contributed by atoms with E-state index in [1.807, 2.05) is 0 Å². The molecule has 0 radical (unpaired) electrons. The Bertz CT molecular complexity index is 713. The minimum Gasteiger partial charge on any atom is -0.469 e. The molecule has 1 spiro atoms. The highest BCUT2D eigenvalue weighted by Gasteiger charge is 2.51. The smallest absolute Gasteiger partial charge is 0.416 e. The molecule has 1 amide bonds. The number of halogens is 3. The normalized spacial score (nSPS) is 27.7. The highest BCUT2D eigenvalue weighted by Crippen LogP contribution is 2.46. The third-order valence-corrected chi connectivity index (χ3v) is 5.30. The summed E-state index contributed by atoms with van der Waals surface area (Å²) in [5.41, 5.74) is -1.28. The first-order valence-electron chi connectivity index (χ1n) is 8.89. The van der Waals surface area contributed by atoms with Crippen LogP contribution in [0.5, 0.6) is 0 Å². The fourth-order valence-electron chi connectivity index (χ4n) is 4.01. The number of carbonyl (C=O) groups excluding carboxylic acids is 2. The second-order valence-corrected chi connectivity index (χ2v) is 7.25. The van der Waals surface area contributed by atoms with Crippen LogP contribution in [-0.4, -0.2) is 37.2 Å². The van der Waals surface area contributed by atoms with Crippen LogP contribution in [0.1, 0.15) is 36.8 Å². The summed E-state index contributed by atoms with van der Waals surface area (Å²) in [6.07, 6.45) is -2.59. The van der Waals surface area contributed by atoms with Crippen molar-refractivity contribution in [2.24, 2.45) is 5.92 Å². The number of benzene rings is 1. The first-order chi connectivity index (χ1) is 12.7.